The van der Waals surface area contributed by atoms with Crippen molar-refractivity contribution in [3.63, 3.8) is 0 Å². The van der Waals surface area contributed by atoms with E-state index >= 15 is 0 Å². The Balaban J connectivity index is 1.82. The van der Waals surface area contributed by atoms with E-state index in [0.29, 0.717) is 18.7 Å². The Hall–Kier alpha value is -2.84. The highest BCUT2D eigenvalue weighted by atomic mass is 19.4. The molecule has 0 saturated carbocycles. The first-order chi connectivity index (χ1) is 11.8. The summed E-state index contributed by atoms with van der Waals surface area (Å²) >= 11 is 0. The molecular weight excluding hydrogens is 339 g/mol. The second-order valence-electron chi connectivity index (χ2n) is 5.34. The van der Waals surface area contributed by atoms with Crippen LogP contribution in [0.5, 0.6) is 0 Å². The van der Waals surface area contributed by atoms with Crippen LogP contribution < -0.4 is 10.6 Å². The molecule has 6 nitrogen and oxygen atoms in total. The molecule has 1 fully saturated rings. The molecule has 0 unspecified atom stereocenters. The Morgan fingerprint density at radius 3 is 2.52 bits per heavy atom. The summed E-state index contributed by atoms with van der Waals surface area (Å²) in [6.07, 6.45) is -1.95. The maximum absolute atomic E-state index is 12.4. The van der Waals surface area contributed by atoms with E-state index in [9.17, 15) is 27.6 Å². The van der Waals surface area contributed by atoms with E-state index in [-0.39, 0.29) is 24.9 Å². The van der Waals surface area contributed by atoms with Gasteiger partial charge in [0.1, 0.15) is 0 Å². The number of halogens is 3. The number of nitrogens with one attached hydrogen (secondary N) is 2. The average molecular weight is 355 g/mol. The molecule has 0 bridgehead atoms. The molecule has 0 aliphatic carbocycles. The van der Waals surface area contributed by atoms with Gasteiger partial charge in [-0.15, -0.1) is 0 Å². The van der Waals surface area contributed by atoms with Crippen molar-refractivity contribution >= 4 is 23.8 Å². The van der Waals surface area contributed by atoms with Gasteiger partial charge in [-0.05, 0) is 23.8 Å². The topological polar surface area (TPSA) is 78.5 Å². The molecule has 1 saturated heterocycles. The minimum atomic E-state index is -4.41. The van der Waals surface area contributed by atoms with Crippen LogP contribution in [-0.2, 0) is 20.6 Å². The highest BCUT2D eigenvalue weighted by Crippen LogP contribution is 2.29. The fourth-order valence-electron chi connectivity index (χ4n) is 2.14. The van der Waals surface area contributed by atoms with Crippen molar-refractivity contribution in [1.29, 1.82) is 0 Å². The second-order valence-corrected chi connectivity index (χ2v) is 5.34. The maximum Gasteiger partial charge on any atom is 0.416 e. The molecule has 0 aromatic heterocycles. The third-order valence-electron chi connectivity index (χ3n) is 3.47. The fourth-order valence-corrected chi connectivity index (χ4v) is 2.14. The van der Waals surface area contributed by atoms with Crippen LogP contribution in [0.2, 0.25) is 0 Å². The number of amides is 3. The van der Waals surface area contributed by atoms with Crippen LogP contribution in [0.4, 0.5) is 13.2 Å². The molecule has 1 aliphatic rings. The lowest BCUT2D eigenvalue weighted by Crippen LogP contribution is -2.52. The largest absolute Gasteiger partial charge is 0.416 e. The summed E-state index contributed by atoms with van der Waals surface area (Å²) in [4.78, 5) is 36.0. The molecule has 25 heavy (non-hydrogen) atoms. The Bertz CT molecular complexity index is 684. The SMILES string of the molecule is O=C(/C=C/c1ccc(C(F)(F)F)cc1)NCC(=O)N1CCNC(=O)C1. The van der Waals surface area contributed by atoms with Crippen molar-refractivity contribution in [3.8, 4) is 0 Å². The lowest BCUT2D eigenvalue weighted by molar-refractivity contribution is -0.138. The van der Waals surface area contributed by atoms with E-state index in [4.69, 9.17) is 0 Å². The average Bonchev–Trinajstić information content (AvgIpc) is 2.57. The zero-order valence-corrected chi connectivity index (χ0v) is 13.1. The highest BCUT2D eigenvalue weighted by molar-refractivity contribution is 5.95. The van der Waals surface area contributed by atoms with E-state index in [1.807, 2.05) is 0 Å². The van der Waals surface area contributed by atoms with E-state index in [0.717, 1.165) is 18.2 Å². The van der Waals surface area contributed by atoms with E-state index in [1.54, 1.807) is 0 Å². The van der Waals surface area contributed by atoms with Crippen LogP contribution in [-0.4, -0.2) is 48.8 Å². The molecule has 0 spiro atoms. The number of rotatable bonds is 4. The molecule has 3 amide bonds. The van der Waals surface area contributed by atoms with Crippen LogP contribution in [0.15, 0.2) is 30.3 Å². The molecule has 0 atom stereocenters. The first-order valence-corrected chi connectivity index (χ1v) is 7.43. The lowest BCUT2D eigenvalue weighted by Gasteiger charge is -2.26. The predicted octanol–water partition coefficient (Wildman–Crippen LogP) is 0.793. The normalized spacial score (nSPS) is 15.2. The minimum Gasteiger partial charge on any atom is -0.353 e. The summed E-state index contributed by atoms with van der Waals surface area (Å²) in [6, 6.07) is 4.32. The van der Waals surface area contributed by atoms with Gasteiger partial charge in [-0.2, -0.15) is 13.2 Å². The van der Waals surface area contributed by atoms with Crippen molar-refractivity contribution in [2.75, 3.05) is 26.2 Å². The first-order valence-electron chi connectivity index (χ1n) is 7.43. The highest BCUT2D eigenvalue weighted by Gasteiger charge is 2.29. The van der Waals surface area contributed by atoms with Gasteiger partial charge in [0.2, 0.25) is 17.7 Å². The van der Waals surface area contributed by atoms with Gasteiger partial charge in [-0.3, -0.25) is 14.4 Å². The van der Waals surface area contributed by atoms with Crippen LogP contribution in [0.25, 0.3) is 6.08 Å². The zero-order chi connectivity index (χ0) is 18.4. The van der Waals surface area contributed by atoms with Crippen LogP contribution in [0, 0.1) is 0 Å². The number of hydrogen-bond donors (Lipinski definition) is 2. The summed E-state index contributed by atoms with van der Waals surface area (Å²) in [5.41, 5.74) is -0.354. The van der Waals surface area contributed by atoms with E-state index in [2.05, 4.69) is 10.6 Å². The molecule has 2 rings (SSSR count). The number of piperazine rings is 1. The van der Waals surface area contributed by atoms with Crippen LogP contribution in [0.1, 0.15) is 11.1 Å². The van der Waals surface area contributed by atoms with Gasteiger partial charge >= 0.3 is 6.18 Å². The van der Waals surface area contributed by atoms with Gasteiger partial charge < -0.3 is 15.5 Å². The molecule has 1 heterocycles. The minimum absolute atomic E-state index is 0.0455. The number of alkyl halides is 3. The molecular formula is C16H16F3N3O3. The van der Waals surface area contributed by atoms with Gasteiger partial charge in [0.15, 0.2) is 0 Å². The quantitative estimate of drug-likeness (QED) is 0.784. The van der Waals surface area contributed by atoms with Crippen LogP contribution in [0.3, 0.4) is 0 Å². The van der Waals surface area contributed by atoms with Gasteiger partial charge in [-0.1, -0.05) is 12.1 Å². The monoisotopic (exact) mass is 355 g/mol. The Kier molecular flexibility index (Phi) is 5.79. The third-order valence-corrected chi connectivity index (χ3v) is 3.47. The van der Waals surface area contributed by atoms with Crippen molar-refractivity contribution in [3.05, 3.63) is 41.5 Å². The van der Waals surface area contributed by atoms with Crippen molar-refractivity contribution < 1.29 is 27.6 Å². The third kappa shape index (κ3) is 5.63. The fraction of sp³-hybridized carbons (Fsp3) is 0.312. The van der Waals surface area contributed by atoms with Gasteiger partial charge in [0.05, 0.1) is 18.7 Å². The van der Waals surface area contributed by atoms with E-state index < -0.39 is 17.6 Å². The number of carbonyl (C=O) groups excluding carboxylic acids is 3. The van der Waals surface area contributed by atoms with Gasteiger partial charge in [0.25, 0.3) is 0 Å². The molecule has 134 valence electrons. The van der Waals surface area contributed by atoms with Crippen molar-refractivity contribution in [2.24, 2.45) is 0 Å². The van der Waals surface area contributed by atoms with Gasteiger partial charge in [0, 0.05) is 19.2 Å². The molecule has 0 radical (unpaired) electrons. The Morgan fingerprint density at radius 1 is 1.24 bits per heavy atom. The molecule has 1 aliphatic heterocycles. The lowest BCUT2D eigenvalue weighted by atomic mass is 10.1. The van der Waals surface area contributed by atoms with Crippen molar-refractivity contribution in [1.82, 2.24) is 15.5 Å². The van der Waals surface area contributed by atoms with Gasteiger partial charge in [-0.25, -0.2) is 0 Å². The zero-order valence-electron chi connectivity index (χ0n) is 13.1. The summed E-state index contributed by atoms with van der Waals surface area (Å²) in [5, 5.41) is 4.95. The second kappa shape index (κ2) is 7.82. The molecule has 1 aromatic carbocycles. The number of benzene rings is 1. The number of nitrogens with zero attached hydrogens (tertiary/aromatic N) is 1. The van der Waals surface area contributed by atoms with Crippen LogP contribution >= 0.6 is 0 Å². The smallest absolute Gasteiger partial charge is 0.353 e. The van der Waals surface area contributed by atoms with Crippen molar-refractivity contribution in [2.45, 2.75) is 6.18 Å². The summed E-state index contributed by atoms with van der Waals surface area (Å²) in [6.45, 7) is 0.438. The maximum atomic E-state index is 12.4. The predicted molar refractivity (Wildman–Crippen MR) is 83.1 cm³/mol. The summed E-state index contributed by atoms with van der Waals surface area (Å²) in [5.74, 6) is -1.20. The summed E-state index contributed by atoms with van der Waals surface area (Å²) < 4.78 is 37.3. The standard InChI is InChI=1S/C16H16F3N3O3/c17-16(18,19)12-4-1-11(2-5-12)3-6-13(23)21-9-15(25)22-8-7-20-14(24)10-22/h1-6H,7-10H2,(H,20,24)(H,21,23)/b6-3+. The summed E-state index contributed by atoms with van der Waals surface area (Å²) in [7, 11) is 0. The molecule has 2 N–H and O–H groups in total. The van der Waals surface area contributed by atoms with E-state index in [1.165, 1.54) is 23.1 Å². The molecule has 1 aromatic rings. The first kappa shape index (κ1) is 18.5. The Morgan fingerprint density at radius 2 is 1.92 bits per heavy atom. The number of hydrogen-bond acceptors (Lipinski definition) is 3. The molecule has 9 heteroatoms. The Labute approximate surface area is 141 Å². The number of carbonyl (C=O) groups is 3.